The lowest BCUT2D eigenvalue weighted by molar-refractivity contribution is -0.528. The summed E-state index contributed by atoms with van der Waals surface area (Å²) in [6, 6.07) is 19.1. The Morgan fingerprint density at radius 3 is 2.20 bits per heavy atom. The minimum Gasteiger partial charge on any atom is -0.264 e. The van der Waals surface area contributed by atoms with E-state index in [9.17, 15) is 18.5 Å². The van der Waals surface area contributed by atoms with Crippen molar-refractivity contribution in [2.75, 3.05) is 0 Å². The third kappa shape index (κ3) is 3.51. The van der Waals surface area contributed by atoms with Crippen LogP contribution in [0.15, 0.2) is 77.7 Å². The molecule has 0 saturated carbocycles. The minimum atomic E-state index is -3.95. The highest BCUT2D eigenvalue weighted by Gasteiger charge is 2.51. The molecule has 1 aliphatic carbocycles. The van der Waals surface area contributed by atoms with Crippen LogP contribution in [0.1, 0.15) is 39.8 Å². The summed E-state index contributed by atoms with van der Waals surface area (Å²) in [5.41, 5.74) is 4.03. The molecule has 3 aromatic carbocycles. The van der Waals surface area contributed by atoms with Gasteiger partial charge in [-0.15, -0.1) is 0 Å². The van der Waals surface area contributed by atoms with Crippen molar-refractivity contribution in [1.82, 2.24) is 4.72 Å². The van der Waals surface area contributed by atoms with Crippen LogP contribution >= 0.6 is 0 Å². The molecule has 0 unspecified atom stereocenters. The summed E-state index contributed by atoms with van der Waals surface area (Å²) in [5, 5.41) is 12.2. The van der Waals surface area contributed by atoms with Crippen LogP contribution < -0.4 is 4.72 Å². The zero-order valence-electron chi connectivity index (χ0n) is 16.6. The van der Waals surface area contributed by atoms with Gasteiger partial charge in [-0.05, 0) is 48.2 Å². The lowest BCUT2D eigenvalue weighted by Gasteiger charge is -2.20. The van der Waals surface area contributed by atoms with E-state index in [-0.39, 0.29) is 9.82 Å². The summed E-state index contributed by atoms with van der Waals surface area (Å²) in [6.45, 7) is 3.73. The first-order valence-corrected chi connectivity index (χ1v) is 11.1. The molecule has 1 aliphatic rings. The Labute approximate surface area is 175 Å². The van der Waals surface area contributed by atoms with E-state index in [0.29, 0.717) is 5.56 Å². The van der Waals surface area contributed by atoms with Gasteiger partial charge in [0.2, 0.25) is 16.1 Å². The average molecular weight is 423 g/mol. The highest BCUT2D eigenvalue weighted by Crippen LogP contribution is 2.47. The first-order chi connectivity index (χ1) is 14.3. The largest absolute Gasteiger partial charge is 0.264 e. The number of nitro groups is 1. The van der Waals surface area contributed by atoms with Crippen molar-refractivity contribution in [1.29, 1.82) is 0 Å². The van der Waals surface area contributed by atoms with Crippen LogP contribution in [0.5, 0.6) is 0 Å². The van der Waals surface area contributed by atoms with Crippen LogP contribution in [-0.2, 0) is 10.0 Å². The molecule has 0 fully saturated rings. The molecule has 154 valence electrons. The van der Waals surface area contributed by atoms with Crippen molar-refractivity contribution in [3.05, 3.63) is 111 Å². The lowest BCUT2D eigenvalue weighted by atomic mass is 9.90. The van der Waals surface area contributed by atoms with E-state index < -0.39 is 28.0 Å². The Balaban J connectivity index is 1.84. The van der Waals surface area contributed by atoms with Crippen LogP contribution in [0.4, 0.5) is 0 Å². The molecule has 6 nitrogen and oxygen atoms in total. The molecule has 0 bridgehead atoms. The molecule has 0 saturated heterocycles. The van der Waals surface area contributed by atoms with Gasteiger partial charge in [0.25, 0.3) is 0 Å². The molecule has 0 amide bonds. The maximum absolute atomic E-state index is 13.1. The van der Waals surface area contributed by atoms with Crippen molar-refractivity contribution >= 4 is 10.0 Å². The van der Waals surface area contributed by atoms with Gasteiger partial charge in [0, 0.05) is 4.92 Å². The molecule has 7 heteroatoms. The standard InChI is InChI=1S/C23H22N2O4S/c1-15-11-13-18(14-12-15)30(28,29)24-22-20-16(2)7-6-10-19(20)21(23(22)25(26)27)17-8-4-3-5-9-17/h3-14,21-24H,1-2H3/t21-,22+,23+/m0/s1. The van der Waals surface area contributed by atoms with Crippen LogP contribution in [-0.4, -0.2) is 19.4 Å². The molecule has 0 radical (unpaired) electrons. The summed E-state index contributed by atoms with van der Waals surface area (Å²) >= 11 is 0. The van der Waals surface area contributed by atoms with E-state index in [0.717, 1.165) is 22.3 Å². The Bertz CT molecular complexity index is 1190. The second kappa shape index (κ2) is 7.66. The van der Waals surface area contributed by atoms with Gasteiger partial charge < -0.3 is 0 Å². The van der Waals surface area contributed by atoms with Crippen molar-refractivity contribution in [3.63, 3.8) is 0 Å². The Morgan fingerprint density at radius 1 is 0.900 bits per heavy atom. The van der Waals surface area contributed by atoms with Gasteiger partial charge in [-0.25, -0.2) is 8.42 Å². The highest BCUT2D eigenvalue weighted by molar-refractivity contribution is 7.89. The summed E-state index contributed by atoms with van der Waals surface area (Å²) in [6.07, 6.45) is 0. The van der Waals surface area contributed by atoms with Crippen molar-refractivity contribution in [3.8, 4) is 0 Å². The first-order valence-electron chi connectivity index (χ1n) is 9.66. The van der Waals surface area contributed by atoms with Crippen molar-refractivity contribution in [2.24, 2.45) is 0 Å². The van der Waals surface area contributed by atoms with Crippen molar-refractivity contribution in [2.45, 2.75) is 36.7 Å². The van der Waals surface area contributed by atoms with E-state index in [2.05, 4.69) is 4.72 Å². The van der Waals surface area contributed by atoms with Gasteiger partial charge in [-0.3, -0.25) is 10.1 Å². The maximum Gasteiger partial charge on any atom is 0.244 e. The molecule has 3 atom stereocenters. The van der Waals surface area contributed by atoms with Gasteiger partial charge >= 0.3 is 0 Å². The normalized spacial score (nSPS) is 20.7. The van der Waals surface area contributed by atoms with E-state index >= 15 is 0 Å². The van der Waals surface area contributed by atoms with E-state index in [4.69, 9.17) is 0 Å². The van der Waals surface area contributed by atoms with Gasteiger partial charge in [-0.1, -0.05) is 66.2 Å². The summed E-state index contributed by atoms with van der Waals surface area (Å²) in [4.78, 5) is 11.9. The Morgan fingerprint density at radius 2 is 1.57 bits per heavy atom. The second-order valence-corrected chi connectivity index (χ2v) is 9.37. The number of nitrogens with one attached hydrogen (secondary N) is 1. The predicted octanol–water partition coefficient (Wildman–Crippen LogP) is 4.11. The van der Waals surface area contributed by atoms with Crippen LogP contribution in [0.3, 0.4) is 0 Å². The summed E-state index contributed by atoms with van der Waals surface area (Å²) in [5.74, 6) is -0.540. The van der Waals surface area contributed by atoms with Gasteiger partial charge in [0.15, 0.2) is 0 Å². The topological polar surface area (TPSA) is 89.3 Å². The number of rotatable bonds is 5. The smallest absolute Gasteiger partial charge is 0.244 e. The van der Waals surface area contributed by atoms with E-state index in [1.165, 1.54) is 12.1 Å². The fraction of sp³-hybridized carbons (Fsp3) is 0.217. The molecule has 0 aromatic heterocycles. The van der Waals surface area contributed by atoms with Gasteiger partial charge in [-0.2, -0.15) is 4.72 Å². The zero-order valence-corrected chi connectivity index (χ0v) is 17.5. The van der Waals surface area contributed by atoms with Crippen LogP contribution in [0.25, 0.3) is 0 Å². The average Bonchev–Trinajstić information content (AvgIpc) is 3.04. The fourth-order valence-electron chi connectivity index (χ4n) is 4.31. The minimum absolute atomic E-state index is 0.0912. The SMILES string of the molecule is Cc1ccc(S(=O)(=O)N[C@@H]2c3c(C)cccc3[C@H](c3ccccc3)[C@H]2[N+](=O)[O-])cc1. The summed E-state index contributed by atoms with van der Waals surface area (Å²) < 4.78 is 28.8. The third-order valence-electron chi connectivity index (χ3n) is 5.70. The van der Waals surface area contributed by atoms with Crippen molar-refractivity contribution < 1.29 is 13.3 Å². The molecule has 0 aliphatic heterocycles. The molecule has 3 aromatic rings. The summed E-state index contributed by atoms with van der Waals surface area (Å²) in [7, 11) is -3.95. The molecule has 4 rings (SSSR count). The quantitative estimate of drug-likeness (QED) is 0.495. The van der Waals surface area contributed by atoms with E-state index in [1.807, 2.05) is 62.4 Å². The zero-order chi connectivity index (χ0) is 21.5. The van der Waals surface area contributed by atoms with Crippen LogP contribution in [0, 0.1) is 24.0 Å². The van der Waals surface area contributed by atoms with Gasteiger partial charge in [0.05, 0.1) is 10.8 Å². The number of nitrogens with zero attached hydrogens (tertiary/aromatic N) is 1. The molecule has 1 N–H and O–H groups in total. The second-order valence-electron chi connectivity index (χ2n) is 7.65. The van der Waals surface area contributed by atoms with Crippen LogP contribution in [0.2, 0.25) is 0 Å². The number of aryl methyl sites for hydroxylation is 2. The predicted molar refractivity (Wildman–Crippen MR) is 114 cm³/mol. The Kier molecular flexibility index (Phi) is 5.17. The molecular formula is C23H22N2O4S. The molecule has 30 heavy (non-hydrogen) atoms. The number of fused-ring (bicyclic) bond motifs is 1. The number of sulfonamides is 1. The Hall–Kier alpha value is -3.03. The number of hydrogen-bond acceptors (Lipinski definition) is 4. The third-order valence-corrected chi connectivity index (χ3v) is 7.16. The molecular weight excluding hydrogens is 400 g/mol. The fourth-order valence-corrected chi connectivity index (χ4v) is 5.53. The lowest BCUT2D eigenvalue weighted by Crippen LogP contribution is -2.39. The first kappa shape index (κ1) is 20.3. The monoisotopic (exact) mass is 422 g/mol. The maximum atomic E-state index is 13.1. The molecule has 0 spiro atoms. The highest BCUT2D eigenvalue weighted by atomic mass is 32.2. The number of benzene rings is 3. The number of hydrogen-bond donors (Lipinski definition) is 1. The van der Waals surface area contributed by atoms with E-state index in [1.54, 1.807) is 12.1 Å². The van der Waals surface area contributed by atoms with Gasteiger partial charge in [0.1, 0.15) is 6.04 Å². The molecule has 0 heterocycles.